The van der Waals surface area contributed by atoms with Gasteiger partial charge in [0.05, 0.1) is 5.69 Å². The Bertz CT molecular complexity index is 785. The molecular weight excluding hydrogens is 306 g/mol. The van der Waals surface area contributed by atoms with Gasteiger partial charge in [0.2, 0.25) is 0 Å². The summed E-state index contributed by atoms with van der Waals surface area (Å²) in [5, 5.41) is 2.86. The lowest BCUT2D eigenvalue weighted by Gasteiger charge is -2.28. The fourth-order valence-corrected chi connectivity index (χ4v) is 2.55. The second-order valence-corrected chi connectivity index (χ2v) is 5.79. The average molecular weight is 325 g/mol. The molecular formula is C18H19N3O3. The average Bonchev–Trinajstić information content (AvgIpc) is 2.58. The number of likely N-dealkylation sites (N-methyl/N-ethyl adjacent to an activating group) is 1. The smallest absolute Gasteiger partial charge is 0.264 e. The van der Waals surface area contributed by atoms with Crippen molar-refractivity contribution < 1.29 is 14.3 Å². The van der Waals surface area contributed by atoms with Crippen LogP contribution in [0.5, 0.6) is 5.75 Å². The molecule has 24 heavy (non-hydrogen) atoms. The summed E-state index contributed by atoms with van der Waals surface area (Å²) in [6, 6.07) is 12.6. The number of hydrogen-bond acceptors (Lipinski definition) is 4. The second kappa shape index (κ2) is 6.23. The van der Waals surface area contributed by atoms with E-state index in [2.05, 4.69) is 5.32 Å². The van der Waals surface area contributed by atoms with Gasteiger partial charge in [0.1, 0.15) is 11.4 Å². The van der Waals surface area contributed by atoms with Crippen molar-refractivity contribution in [1.29, 1.82) is 0 Å². The lowest BCUT2D eigenvalue weighted by atomic mass is 10.1. The van der Waals surface area contributed by atoms with E-state index >= 15 is 0 Å². The van der Waals surface area contributed by atoms with Crippen LogP contribution in [0.15, 0.2) is 42.5 Å². The zero-order valence-corrected chi connectivity index (χ0v) is 13.9. The van der Waals surface area contributed by atoms with Gasteiger partial charge in [-0.05, 0) is 36.4 Å². The molecule has 124 valence electrons. The number of carbonyl (C=O) groups is 2. The van der Waals surface area contributed by atoms with Crippen LogP contribution in [0.4, 0.5) is 17.1 Å². The fraction of sp³-hybridized carbons (Fsp3) is 0.222. The van der Waals surface area contributed by atoms with Gasteiger partial charge in [-0.3, -0.25) is 9.59 Å². The molecule has 2 aromatic rings. The molecule has 0 saturated heterocycles. The van der Waals surface area contributed by atoms with Crippen LogP contribution in [0.1, 0.15) is 10.4 Å². The van der Waals surface area contributed by atoms with E-state index in [4.69, 9.17) is 4.74 Å². The number of nitrogens with one attached hydrogen (secondary N) is 1. The SMILES string of the molecule is CN(C)c1ccc(C(=O)Nc2cccc3c2N(C)C(=O)CO3)cc1. The number of fused-ring (bicyclic) bond motifs is 1. The van der Waals surface area contributed by atoms with Gasteiger partial charge in [-0.25, -0.2) is 0 Å². The molecule has 0 atom stereocenters. The Balaban J connectivity index is 1.86. The Labute approximate surface area is 140 Å². The molecule has 1 aliphatic heterocycles. The number of hydrogen-bond donors (Lipinski definition) is 1. The van der Waals surface area contributed by atoms with Crippen molar-refractivity contribution in [3.8, 4) is 5.75 Å². The second-order valence-electron chi connectivity index (χ2n) is 5.79. The van der Waals surface area contributed by atoms with E-state index in [9.17, 15) is 9.59 Å². The highest BCUT2D eigenvalue weighted by Gasteiger charge is 2.25. The molecule has 6 heteroatoms. The molecule has 0 bridgehead atoms. The largest absolute Gasteiger partial charge is 0.481 e. The van der Waals surface area contributed by atoms with E-state index in [0.29, 0.717) is 22.7 Å². The van der Waals surface area contributed by atoms with Crippen LogP contribution < -0.4 is 19.9 Å². The first kappa shape index (κ1) is 15.9. The third-order valence-electron chi connectivity index (χ3n) is 3.95. The fourth-order valence-electron chi connectivity index (χ4n) is 2.55. The molecule has 1 heterocycles. The molecule has 0 spiro atoms. The third kappa shape index (κ3) is 2.90. The van der Waals surface area contributed by atoms with E-state index in [1.54, 1.807) is 37.4 Å². The maximum atomic E-state index is 12.5. The van der Waals surface area contributed by atoms with Gasteiger partial charge in [-0.1, -0.05) is 6.07 Å². The molecule has 0 aromatic heterocycles. The van der Waals surface area contributed by atoms with Crippen LogP contribution in [0, 0.1) is 0 Å². The Morgan fingerprint density at radius 2 is 1.88 bits per heavy atom. The van der Waals surface area contributed by atoms with Crippen molar-refractivity contribution in [1.82, 2.24) is 0 Å². The maximum absolute atomic E-state index is 12.5. The van der Waals surface area contributed by atoms with Crippen LogP contribution >= 0.6 is 0 Å². The topological polar surface area (TPSA) is 61.9 Å². The number of para-hydroxylation sites is 1. The van der Waals surface area contributed by atoms with Crippen molar-refractivity contribution >= 4 is 28.9 Å². The van der Waals surface area contributed by atoms with Crippen LogP contribution in [0.25, 0.3) is 0 Å². The van der Waals surface area contributed by atoms with Crippen molar-refractivity contribution in [2.45, 2.75) is 0 Å². The van der Waals surface area contributed by atoms with E-state index in [1.807, 2.05) is 31.1 Å². The van der Waals surface area contributed by atoms with Crippen molar-refractivity contribution in [3.05, 3.63) is 48.0 Å². The van der Waals surface area contributed by atoms with Crippen molar-refractivity contribution in [2.24, 2.45) is 0 Å². The number of carbonyl (C=O) groups excluding carboxylic acids is 2. The molecule has 0 fully saturated rings. The van der Waals surface area contributed by atoms with E-state index in [-0.39, 0.29) is 18.4 Å². The number of amides is 2. The first-order valence-corrected chi connectivity index (χ1v) is 7.58. The predicted molar refractivity (Wildman–Crippen MR) is 94.1 cm³/mol. The molecule has 0 aliphatic carbocycles. The van der Waals surface area contributed by atoms with Gasteiger partial charge in [0, 0.05) is 32.4 Å². The van der Waals surface area contributed by atoms with Gasteiger partial charge in [-0.15, -0.1) is 0 Å². The quantitative estimate of drug-likeness (QED) is 0.941. The summed E-state index contributed by atoms with van der Waals surface area (Å²) < 4.78 is 5.43. The van der Waals surface area contributed by atoms with Crippen LogP contribution in [0.3, 0.4) is 0 Å². The highest BCUT2D eigenvalue weighted by atomic mass is 16.5. The number of rotatable bonds is 3. The highest BCUT2D eigenvalue weighted by molar-refractivity contribution is 6.09. The maximum Gasteiger partial charge on any atom is 0.264 e. The van der Waals surface area contributed by atoms with E-state index in [0.717, 1.165) is 5.69 Å². The summed E-state index contributed by atoms with van der Waals surface area (Å²) in [6.45, 7) is 0.00684. The number of ether oxygens (including phenoxy) is 1. The Morgan fingerprint density at radius 1 is 1.17 bits per heavy atom. The minimum absolute atomic E-state index is 0.00684. The van der Waals surface area contributed by atoms with Gasteiger partial charge < -0.3 is 19.9 Å². The number of anilines is 3. The monoisotopic (exact) mass is 325 g/mol. The van der Waals surface area contributed by atoms with Crippen molar-refractivity contribution in [2.75, 3.05) is 42.9 Å². The van der Waals surface area contributed by atoms with E-state index in [1.165, 1.54) is 4.90 Å². The summed E-state index contributed by atoms with van der Waals surface area (Å²) >= 11 is 0. The number of benzene rings is 2. The summed E-state index contributed by atoms with van der Waals surface area (Å²) in [4.78, 5) is 27.8. The van der Waals surface area contributed by atoms with Gasteiger partial charge in [0.15, 0.2) is 6.61 Å². The van der Waals surface area contributed by atoms with Gasteiger partial charge >= 0.3 is 0 Å². The highest BCUT2D eigenvalue weighted by Crippen LogP contribution is 2.38. The minimum atomic E-state index is -0.236. The normalized spacial score (nSPS) is 13.1. The summed E-state index contributed by atoms with van der Waals surface area (Å²) in [6.07, 6.45) is 0. The Morgan fingerprint density at radius 3 is 2.54 bits per heavy atom. The van der Waals surface area contributed by atoms with Crippen molar-refractivity contribution in [3.63, 3.8) is 0 Å². The first-order valence-electron chi connectivity index (χ1n) is 7.58. The number of nitrogens with zero attached hydrogens (tertiary/aromatic N) is 2. The molecule has 0 saturated carbocycles. The lowest BCUT2D eigenvalue weighted by Crippen LogP contribution is -2.36. The molecule has 1 aliphatic rings. The van der Waals surface area contributed by atoms with Crippen LogP contribution in [-0.2, 0) is 4.79 Å². The first-order chi connectivity index (χ1) is 11.5. The molecule has 1 N–H and O–H groups in total. The van der Waals surface area contributed by atoms with E-state index < -0.39 is 0 Å². The summed E-state index contributed by atoms with van der Waals surface area (Å²) in [7, 11) is 5.56. The molecule has 2 amide bonds. The summed E-state index contributed by atoms with van der Waals surface area (Å²) in [5.74, 6) is 0.192. The third-order valence-corrected chi connectivity index (χ3v) is 3.95. The molecule has 0 radical (unpaired) electrons. The standard InChI is InChI=1S/C18H19N3O3/c1-20(2)13-9-7-12(8-10-13)18(23)19-14-5-4-6-15-17(14)21(3)16(22)11-24-15/h4-10H,11H2,1-3H3,(H,19,23). The molecule has 0 unspecified atom stereocenters. The molecule has 3 rings (SSSR count). The van der Waals surface area contributed by atoms with Gasteiger partial charge in [-0.2, -0.15) is 0 Å². The lowest BCUT2D eigenvalue weighted by molar-refractivity contribution is -0.120. The zero-order valence-electron chi connectivity index (χ0n) is 13.9. The van der Waals surface area contributed by atoms with Gasteiger partial charge in [0.25, 0.3) is 11.8 Å². The minimum Gasteiger partial charge on any atom is -0.481 e. The summed E-state index contributed by atoms with van der Waals surface area (Å²) in [5.41, 5.74) is 2.68. The predicted octanol–water partition coefficient (Wildman–Crippen LogP) is 2.36. The van der Waals surface area contributed by atoms with Crippen LogP contribution in [-0.4, -0.2) is 39.6 Å². The molecule has 2 aromatic carbocycles. The molecule has 6 nitrogen and oxygen atoms in total. The Kier molecular flexibility index (Phi) is 4.12. The zero-order chi connectivity index (χ0) is 17.3. The van der Waals surface area contributed by atoms with Crippen LogP contribution in [0.2, 0.25) is 0 Å². The Hall–Kier alpha value is -3.02.